The largest absolute Gasteiger partial charge is 0.386 e. The summed E-state index contributed by atoms with van der Waals surface area (Å²) < 4.78 is 29.5. The van der Waals surface area contributed by atoms with Gasteiger partial charge in [0.2, 0.25) is 5.91 Å². The van der Waals surface area contributed by atoms with Crippen LogP contribution in [0.15, 0.2) is 40.9 Å². The van der Waals surface area contributed by atoms with Crippen LogP contribution in [0.3, 0.4) is 0 Å². The lowest BCUT2D eigenvalue weighted by Crippen LogP contribution is -2.18. The molecule has 0 saturated heterocycles. The Labute approximate surface area is 183 Å². The van der Waals surface area contributed by atoms with Crippen LogP contribution >= 0.6 is 11.8 Å². The lowest BCUT2D eigenvalue weighted by molar-refractivity contribution is -0.114. The third-order valence-electron chi connectivity index (χ3n) is 4.54. The van der Waals surface area contributed by atoms with E-state index in [9.17, 15) is 23.5 Å². The first-order chi connectivity index (χ1) is 14.4. The van der Waals surface area contributed by atoms with Gasteiger partial charge in [0, 0.05) is 28.5 Å². The van der Waals surface area contributed by atoms with Gasteiger partial charge in [0.15, 0.2) is 0 Å². The number of benzene rings is 1. The number of primary amides is 1. The van der Waals surface area contributed by atoms with Crippen molar-refractivity contribution in [3.05, 3.63) is 69.4 Å². The van der Waals surface area contributed by atoms with Crippen molar-refractivity contribution < 1.29 is 23.5 Å². The Morgan fingerprint density at radius 1 is 1.32 bits per heavy atom. The fraction of sp³-hybridized carbons (Fsp3) is 0.318. The molecular formula is C22H25F2N3O3S. The Hall–Kier alpha value is -2.78. The molecule has 0 fully saturated rings. The third kappa shape index (κ3) is 6.35. The summed E-state index contributed by atoms with van der Waals surface area (Å²) in [6, 6.07) is 7.19. The van der Waals surface area contributed by atoms with Crippen molar-refractivity contribution in [3.63, 3.8) is 0 Å². The van der Waals surface area contributed by atoms with E-state index in [2.05, 4.69) is 10.3 Å². The number of nitrogens with one attached hydrogen (secondary N) is 1. The third-order valence-corrected chi connectivity index (χ3v) is 5.77. The number of thioether (sulfide) groups is 1. The standard InChI is InChI=1S/C22H25F2N3O3S/c1-12(20(25)29)21(27-18-7-5-6-15(26-18)8-9-28)31-13(2)19-16(23)10-14(11-17(19)24)22(3,4)30/h5-7,9-11,13,30H,8H2,1-4H3,(H2,25,29)(H,26,27)/b21-12+. The van der Waals surface area contributed by atoms with Crippen LogP contribution < -0.4 is 11.1 Å². The Morgan fingerprint density at radius 3 is 2.45 bits per heavy atom. The van der Waals surface area contributed by atoms with Gasteiger partial charge in [-0.15, -0.1) is 0 Å². The maximum absolute atomic E-state index is 14.7. The lowest BCUT2D eigenvalue weighted by Gasteiger charge is -2.22. The molecule has 1 aromatic heterocycles. The number of aromatic nitrogens is 1. The van der Waals surface area contributed by atoms with Crippen molar-refractivity contribution >= 4 is 29.8 Å². The van der Waals surface area contributed by atoms with Gasteiger partial charge < -0.3 is 21.0 Å². The molecular weight excluding hydrogens is 424 g/mol. The number of pyridine rings is 1. The summed E-state index contributed by atoms with van der Waals surface area (Å²) >= 11 is 1.01. The average Bonchev–Trinajstić information content (AvgIpc) is 2.66. The highest BCUT2D eigenvalue weighted by atomic mass is 32.2. The Bertz CT molecular complexity index is 996. The molecule has 1 unspecified atom stereocenters. The molecule has 6 nitrogen and oxygen atoms in total. The molecule has 2 rings (SSSR count). The van der Waals surface area contributed by atoms with E-state index in [4.69, 9.17) is 5.73 Å². The van der Waals surface area contributed by atoms with Gasteiger partial charge in [-0.05, 0) is 57.5 Å². The molecule has 1 heterocycles. The van der Waals surface area contributed by atoms with Crippen molar-refractivity contribution in [1.29, 1.82) is 0 Å². The number of amides is 1. The topological polar surface area (TPSA) is 105 Å². The monoisotopic (exact) mass is 449 g/mol. The molecule has 4 N–H and O–H groups in total. The van der Waals surface area contributed by atoms with E-state index < -0.39 is 28.4 Å². The average molecular weight is 450 g/mol. The van der Waals surface area contributed by atoms with Crippen LogP contribution in [0.5, 0.6) is 0 Å². The van der Waals surface area contributed by atoms with Gasteiger partial charge in [0.25, 0.3) is 0 Å². The van der Waals surface area contributed by atoms with Gasteiger partial charge in [-0.1, -0.05) is 17.8 Å². The summed E-state index contributed by atoms with van der Waals surface area (Å²) in [4.78, 5) is 26.8. The fourth-order valence-electron chi connectivity index (χ4n) is 2.75. The number of rotatable bonds is 9. The summed E-state index contributed by atoms with van der Waals surface area (Å²) in [6.45, 7) is 5.95. The summed E-state index contributed by atoms with van der Waals surface area (Å²) in [5.41, 5.74) is 4.62. The zero-order chi connectivity index (χ0) is 23.3. The van der Waals surface area contributed by atoms with Crippen LogP contribution in [-0.2, 0) is 21.6 Å². The van der Waals surface area contributed by atoms with E-state index in [1.165, 1.54) is 20.8 Å². The van der Waals surface area contributed by atoms with Crippen LogP contribution in [-0.4, -0.2) is 22.3 Å². The lowest BCUT2D eigenvalue weighted by atomic mass is 9.96. The number of carbonyl (C=O) groups excluding carboxylic acids is 2. The van der Waals surface area contributed by atoms with Gasteiger partial charge >= 0.3 is 0 Å². The Kier molecular flexibility index (Phi) is 7.91. The van der Waals surface area contributed by atoms with Gasteiger partial charge in [-0.25, -0.2) is 13.8 Å². The smallest absolute Gasteiger partial charge is 0.246 e. The second-order valence-corrected chi connectivity index (χ2v) is 8.85. The molecule has 2 aromatic rings. The van der Waals surface area contributed by atoms with Gasteiger partial charge in [-0.2, -0.15) is 0 Å². The van der Waals surface area contributed by atoms with Crippen molar-refractivity contribution in [1.82, 2.24) is 4.98 Å². The number of halogens is 2. The van der Waals surface area contributed by atoms with E-state index in [0.717, 1.165) is 30.2 Å². The minimum atomic E-state index is -1.40. The Morgan fingerprint density at radius 2 is 1.94 bits per heavy atom. The molecule has 31 heavy (non-hydrogen) atoms. The second-order valence-electron chi connectivity index (χ2n) is 7.50. The maximum atomic E-state index is 14.7. The normalized spacial score (nSPS) is 13.4. The molecule has 0 bridgehead atoms. The van der Waals surface area contributed by atoms with Crippen LogP contribution in [0.4, 0.5) is 14.6 Å². The molecule has 0 spiro atoms. The van der Waals surface area contributed by atoms with Crippen molar-refractivity contribution in [2.45, 2.75) is 45.0 Å². The minimum Gasteiger partial charge on any atom is -0.386 e. The Balaban J connectivity index is 2.38. The molecule has 0 aliphatic heterocycles. The van der Waals surface area contributed by atoms with E-state index >= 15 is 0 Å². The van der Waals surface area contributed by atoms with Crippen LogP contribution in [0.1, 0.15) is 49.8 Å². The number of anilines is 1. The number of nitrogens with two attached hydrogens (primary N) is 1. The molecule has 9 heteroatoms. The summed E-state index contributed by atoms with van der Waals surface area (Å²) in [5.74, 6) is -1.96. The SMILES string of the molecule is C/C(C(N)=O)=C(/Nc1cccc(CC=O)n1)SC(C)c1c(F)cc(C(C)(C)O)cc1F. The number of carbonyl (C=O) groups is 2. The predicted molar refractivity (Wildman–Crippen MR) is 117 cm³/mol. The highest BCUT2D eigenvalue weighted by Gasteiger charge is 2.25. The number of aliphatic hydroxyl groups is 1. The molecule has 166 valence electrons. The van der Waals surface area contributed by atoms with Crippen molar-refractivity contribution in [2.24, 2.45) is 5.73 Å². The van der Waals surface area contributed by atoms with E-state index in [-0.39, 0.29) is 28.1 Å². The predicted octanol–water partition coefficient (Wildman–Crippen LogP) is 3.95. The number of hydrogen-bond acceptors (Lipinski definition) is 6. The van der Waals surface area contributed by atoms with Crippen molar-refractivity contribution in [2.75, 3.05) is 5.32 Å². The van der Waals surface area contributed by atoms with Gasteiger partial charge in [-0.3, -0.25) is 4.79 Å². The first-order valence-electron chi connectivity index (χ1n) is 9.49. The van der Waals surface area contributed by atoms with E-state index in [0.29, 0.717) is 11.5 Å². The van der Waals surface area contributed by atoms with Crippen molar-refractivity contribution in [3.8, 4) is 0 Å². The highest BCUT2D eigenvalue weighted by Crippen LogP contribution is 2.39. The van der Waals surface area contributed by atoms with Gasteiger partial charge in [0.05, 0.1) is 10.6 Å². The molecule has 1 aromatic carbocycles. The van der Waals surface area contributed by atoms with Crippen LogP contribution in [0, 0.1) is 11.6 Å². The number of nitrogens with zero attached hydrogens (tertiary/aromatic N) is 1. The summed E-state index contributed by atoms with van der Waals surface area (Å²) in [7, 11) is 0. The fourth-order valence-corrected chi connectivity index (χ4v) is 3.89. The maximum Gasteiger partial charge on any atom is 0.246 e. The molecule has 0 aliphatic rings. The quantitative estimate of drug-likeness (QED) is 0.395. The molecule has 1 atom stereocenters. The summed E-state index contributed by atoms with van der Waals surface area (Å²) in [5, 5.41) is 12.5. The van der Waals surface area contributed by atoms with E-state index in [1.54, 1.807) is 25.1 Å². The first kappa shape index (κ1) is 24.5. The van der Waals surface area contributed by atoms with Crippen LogP contribution in [0.2, 0.25) is 0 Å². The zero-order valence-electron chi connectivity index (χ0n) is 17.7. The first-order valence-corrected chi connectivity index (χ1v) is 10.4. The zero-order valence-corrected chi connectivity index (χ0v) is 18.5. The number of aldehydes is 1. The molecule has 1 amide bonds. The molecule has 0 aliphatic carbocycles. The number of hydrogen-bond donors (Lipinski definition) is 3. The van der Waals surface area contributed by atoms with Gasteiger partial charge in [0.1, 0.15) is 23.7 Å². The second kappa shape index (κ2) is 10.0. The minimum absolute atomic E-state index is 0.113. The highest BCUT2D eigenvalue weighted by molar-refractivity contribution is 8.03. The molecule has 0 radical (unpaired) electrons. The van der Waals surface area contributed by atoms with Crippen LogP contribution in [0.25, 0.3) is 0 Å². The molecule has 0 saturated carbocycles. The van der Waals surface area contributed by atoms with E-state index in [1.807, 2.05) is 0 Å². The summed E-state index contributed by atoms with van der Waals surface area (Å²) in [6.07, 6.45) is 0.841.